The lowest BCUT2D eigenvalue weighted by atomic mass is 9.73. The molecular formula is C21H18O3. The summed E-state index contributed by atoms with van der Waals surface area (Å²) in [5, 5.41) is 0. The van der Waals surface area contributed by atoms with Crippen molar-refractivity contribution >= 4 is 11.4 Å². The third-order valence-corrected chi connectivity index (χ3v) is 5.54. The van der Waals surface area contributed by atoms with Gasteiger partial charge in [-0.1, -0.05) is 25.1 Å². The second-order valence-corrected chi connectivity index (χ2v) is 6.93. The van der Waals surface area contributed by atoms with Gasteiger partial charge in [0.1, 0.15) is 23.7 Å². The molecule has 0 bridgehead atoms. The molecule has 2 aliphatic heterocycles. The summed E-state index contributed by atoms with van der Waals surface area (Å²) in [5.41, 5.74) is 4.29. The Morgan fingerprint density at radius 2 is 1.88 bits per heavy atom. The fourth-order valence-corrected chi connectivity index (χ4v) is 4.35. The van der Waals surface area contributed by atoms with Crippen LogP contribution in [0.15, 0.2) is 48.5 Å². The third-order valence-electron chi connectivity index (χ3n) is 5.54. The Bertz CT molecular complexity index is 896. The Balaban J connectivity index is 1.61. The topological polar surface area (TPSA) is 35.5 Å². The Labute approximate surface area is 140 Å². The lowest BCUT2D eigenvalue weighted by Crippen LogP contribution is -2.36. The largest absolute Gasteiger partial charge is 0.485 e. The molecular weight excluding hydrogens is 300 g/mol. The number of Topliss-reactive ketones (excluding diaryl/α,β-unsaturated/α-hetero) is 1. The average molecular weight is 318 g/mol. The summed E-state index contributed by atoms with van der Waals surface area (Å²) < 4.78 is 12.4. The molecule has 4 atom stereocenters. The number of hydrogen-bond donors (Lipinski definition) is 0. The van der Waals surface area contributed by atoms with E-state index in [2.05, 4.69) is 19.1 Å². The molecule has 3 nitrogen and oxygen atoms in total. The van der Waals surface area contributed by atoms with Gasteiger partial charge in [-0.3, -0.25) is 4.79 Å². The fraction of sp³-hybridized carbons (Fsp3) is 0.286. The van der Waals surface area contributed by atoms with E-state index in [9.17, 15) is 4.79 Å². The Morgan fingerprint density at radius 3 is 2.71 bits per heavy atom. The molecule has 120 valence electrons. The minimum Gasteiger partial charge on any atom is -0.485 e. The van der Waals surface area contributed by atoms with Crippen molar-refractivity contribution in [3.05, 3.63) is 65.2 Å². The van der Waals surface area contributed by atoms with Crippen molar-refractivity contribution in [2.75, 3.05) is 0 Å². The van der Waals surface area contributed by atoms with Crippen molar-refractivity contribution in [3.63, 3.8) is 0 Å². The molecule has 0 amide bonds. The minimum atomic E-state index is 0.0122. The van der Waals surface area contributed by atoms with E-state index in [0.717, 1.165) is 22.6 Å². The molecule has 5 rings (SSSR count). The molecule has 24 heavy (non-hydrogen) atoms. The molecule has 0 spiro atoms. The van der Waals surface area contributed by atoms with Crippen LogP contribution in [-0.2, 0) is 0 Å². The molecule has 2 aromatic rings. The number of ketones is 1. The zero-order chi connectivity index (χ0) is 16.4. The highest BCUT2D eigenvalue weighted by atomic mass is 16.5. The van der Waals surface area contributed by atoms with Gasteiger partial charge in [-0.2, -0.15) is 0 Å². The van der Waals surface area contributed by atoms with Crippen molar-refractivity contribution in [1.82, 2.24) is 0 Å². The lowest BCUT2D eigenvalue weighted by Gasteiger charge is -2.33. The highest BCUT2D eigenvalue weighted by molar-refractivity contribution is 5.94. The number of ether oxygens (including phenoxy) is 2. The number of benzene rings is 2. The molecule has 3 heteroatoms. The molecule has 0 saturated carbocycles. The van der Waals surface area contributed by atoms with Crippen LogP contribution in [-0.4, -0.2) is 18.0 Å². The van der Waals surface area contributed by atoms with Crippen molar-refractivity contribution in [3.8, 4) is 11.5 Å². The first-order valence-corrected chi connectivity index (χ1v) is 8.43. The Hall–Kier alpha value is -2.55. The highest BCUT2D eigenvalue weighted by Crippen LogP contribution is 2.53. The number of carbonyl (C=O) groups excluding carboxylic acids is 1. The maximum Gasteiger partial charge on any atom is 0.159 e. The maximum atomic E-state index is 11.7. The van der Waals surface area contributed by atoms with Gasteiger partial charge >= 0.3 is 0 Å². The molecule has 0 fully saturated rings. The maximum absolute atomic E-state index is 11.7. The van der Waals surface area contributed by atoms with Crippen molar-refractivity contribution in [2.45, 2.75) is 32.0 Å². The van der Waals surface area contributed by atoms with Gasteiger partial charge in [0.15, 0.2) is 5.78 Å². The van der Waals surface area contributed by atoms with E-state index < -0.39 is 0 Å². The van der Waals surface area contributed by atoms with Gasteiger partial charge in [0.25, 0.3) is 0 Å². The highest BCUT2D eigenvalue weighted by Gasteiger charge is 2.48. The summed E-state index contributed by atoms with van der Waals surface area (Å²) >= 11 is 0. The first-order chi connectivity index (χ1) is 11.6. The van der Waals surface area contributed by atoms with Crippen LogP contribution in [0, 0.1) is 5.92 Å². The number of hydrogen-bond acceptors (Lipinski definition) is 3. The van der Waals surface area contributed by atoms with Crippen LogP contribution in [0.25, 0.3) is 5.57 Å². The number of carbonyl (C=O) groups is 1. The zero-order valence-corrected chi connectivity index (χ0v) is 13.7. The summed E-state index contributed by atoms with van der Waals surface area (Å²) in [4.78, 5) is 11.7. The standard InChI is InChI=1S/C21H18O3/c1-11-20-16-9-13(12(2)22)7-8-18(16)23-19(20)10-15-14-5-3-4-6-17(14)24-21(11)15/h3-11,19-21H,1-2H3. The second-order valence-electron chi connectivity index (χ2n) is 6.93. The number of para-hydroxylation sites is 1. The van der Waals surface area contributed by atoms with Crippen LogP contribution in [0.1, 0.15) is 41.3 Å². The van der Waals surface area contributed by atoms with Crippen LogP contribution in [0.2, 0.25) is 0 Å². The van der Waals surface area contributed by atoms with Crippen LogP contribution >= 0.6 is 0 Å². The molecule has 0 radical (unpaired) electrons. The molecule has 0 aromatic heterocycles. The van der Waals surface area contributed by atoms with Gasteiger partial charge in [0.05, 0.1) is 0 Å². The first-order valence-electron chi connectivity index (χ1n) is 8.43. The van der Waals surface area contributed by atoms with Gasteiger partial charge in [-0.25, -0.2) is 0 Å². The van der Waals surface area contributed by atoms with Crippen molar-refractivity contribution in [2.24, 2.45) is 5.92 Å². The van der Waals surface area contributed by atoms with Crippen LogP contribution in [0.4, 0.5) is 0 Å². The van der Waals surface area contributed by atoms with Gasteiger partial charge in [0, 0.05) is 34.1 Å². The molecule has 0 saturated heterocycles. The zero-order valence-electron chi connectivity index (χ0n) is 13.7. The molecule has 3 aliphatic rings. The summed E-state index contributed by atoms with van der Waals surface area (Å²) in [7, 11) is 0. The van der Waals surface area contributed by atoms with E-state index in [1.165, 1.54) is 11.1 Å². The van der Waals surface area contributed by atoms with Crippen LogP contribution in [0.5, 0.6) is 11.5 Å². The van der Waals surface area contributed by atoms with Crippen LogP contribution in [0.3, 0.4) is 0 Å². The second kappa shape index (κ2) is 4.73. The minimum absolute atomic E-state index is 0.0122. The molecule has 2 heterocycles. The summed E-state index contributed by atoms with van der Waals surface area (Å²) in [6.45, 7) is 3.83. The Morgan fingerprint density at radius 1 is 1.04 bits per heavy atom. The van der Waals surface area contributed by atoms with Gasteiger partial charge in [-0.15, -0.1) is 0 Å². The van der Waals surface area contributed by atoms with E-state index >= 15 is 0 Å². The van der Waals surface area contributed by atoms with E-state index in [4.69, 9.17) is 9.47 Å². The van der Waals surface area contributed by atoms with Crippen molar-refractivity contribution in [1.29, 1.82) is 0 Å². The summed E-state index contributed by atoms with van der Waals surface area (Å²) in [6.07, 6.45) is 2.28. The quantitative estimate of drug-likeness (QED) is 0.738. The number of rotatable bonds is 1. The molecule has 1 aliphatic carbocycles. The predicted molar refractivity (Wildman–Crippen MR) is 91.6 cm³/mol. The molecule has 4 unspecified atom stereocenters. The first kappa shape index (κ1) is 13.8. The van der Waals surface area contributed by atoms with E-state index in [0.29, 0.717) is 0 Å². The molecule has 0 N–H and O–H groups in total. The number of fused-ring (bicyclic) bond motifs is 6. The average Bonchev–Trinajstić information content (AvgIpc) is 3.13. The fourth-order valence-electron chi connectivity index (χ4n) is 4.35. The van der Waals surface area contributed by atoms with Crippen molar-refractivity contribution < 1.29 is 14.3 Å². The molecule has 2 aromatic carbocycles. The monoisotopic (exact) mass is 318 g/mol. The van der Waals surface area contributed by atoms with E-state index in [1.54, 1.807) is 6.92 Å². The van der Waals surface area contributed by atoms with Gasteiger partial charge < -0.3 is 9.47 Å². The predicted octanol–water partition coefficient (Wildman–Crippen LogP) is 4.23. The Kier molecular flexibility index (Phi) is 2.73. The van der Waals surface area contributed by atoms with Crippen LogP contribution < -0.4 is 9.47 Å². The summed E-state index contributed by atoms with van der Waals surface area (Å²) in [5.74, 6) is 2.45. The smallest absolute Gasteiger partial charge is 0.159 e. The van der Waals surface area contributed by atoms with E-state index in [1.807, 2.05) is 36.4 Å². The lowest BCUT2D eigenvalue weighted by molar-refractivity contribution is 0.101. The third kappa shape index (κ3) is 1.75. The SMILES string of the molecule is CC(=O)c1ccc2c(c1)C1C(C=C3c4ccccc4OC3C1C)O2. The van der Waals surface area contributed by atoms with Gasteiger partial charge in [0.2, 0.25) is 0 Å². The van der Waals surface area contributed by atoms with E-state index in [-0.39, 0.29) is 29.8 Å². The summed E-state index contributed by atoms with van der Waals surface area (Å²) in [6, 6.07) is 14.0. The normalized spacial score (nSPS) is 28.7. The van der Waals surface area contributed by atoms with Gasteiger partial charge in [-0.05, 0) is 37.3 Å².